The Morgan fingerprint density at radius 1 is 0.677 bits per heavy atom. The highest BCUT2D eigenvalue weighted by Gasteiger charge is 2.40. The smallest absolute Gasteiger partial charge is 0.0686 e. The zero-order valence-electron chi connectivity index (χ0n) is 20.9. The van der Waals surface area contributed by atoms with Gasteiger partial charge in [0.1, 0.15) is 8.07 Å². The van der Waals surface area contributed by atoms with Gasteiger partial charge in [-0.1, -0.05) is 88.3 Å². The minimum absolute atomic E-state index is 0.698. The maximum Gasteiger partial charge on any atom is 0.113 e. The monoisotopic (exact) mass is 428 g/mol. The molecule has 0 heterocycles. The highest BCUT2D eigenvalue weighted by Crippen LogP contribution is 2.48. The van der Waals surface area contributed by atoms with Crippen molar-refractivity contribution < 1.29 is 0 Å². The van der Waals surface area contributed by atoms with E-state index in [9.17, 15) is 0 Å². The van der Waals surface area contributed by atoms with Gasteiger partial charge in [-0.25, -0.2) is 0 Å². The summed E-state index contributed by atoms with van der Waals surface area (Å²) in [5.74, 6) is 1.40. The summed E-state index contributed by atoms with van der Waals surface area (Å²) in [7, 11) is -1.83. The molecule has 0 nitrogen and oxygen atoms in total. The van der Waals surface area contributed by atoms with Crippen LogP contribution in [0.4, 0.5) is 0 Å². The van der Waals surface area contributed by atoms with Crippen molar-refractivity contribution in [3.63, 3.8) is 0 Å². The fourth-order valence-corrected chi connectivity index (χ4v) is 10.7. The van der Waals surface area contributed by atoms with Crippen LogP contribution in [0.5, 0.6) is 0 Å². The van der Waals surface area contributed by atoms with Crippen LogP contribution in [0.25, 0.3) is 10.4 Å². The molecule has 0 saturated heterocycles. The van der Waals surface area contributed by atoms with E-state index in [-0.39, 0.29) is 0 Å². The third-order valence-electron chi connectivity index (χ3n) is 7.19. The Morgan fingerprint density at radius 2 is 1.06 bits per heavy atom. The number of allylic oxidation sites excluding steroid dienone is 2. The molecule has 0 atom stereocenters. The fourth-order valence-electron chi connectivity index (χ4n) is 6.29. The lowest BCUT2D eigenvalue weighted by Crippen LogP contribution is -2.31. The molecule has 2 aliphatic carbocycles. The van der Waals surface area contributed by atoms with E-state index in [1.807, 2.05) is 0 Å². The molecule has 2 aromatic carbocycles. The van der Waals surface area contributed by atoms with Crippen molar-refractivity contribution in [2.45, 2.75) is 80.3 Å². The van der Waals surface area contributed by atoms with Gasteiger partial charge in [-0.05, 0) is 95.1 Å². The number of hydrogen-bond donors (Lipinski definition) is 0. The third kappa shape index (κ3) is 4.14. The predicted molar refractivity (Wildman–Crippen MR) is 140 cm³/mol. The highest BCUT2D eigenvalue weighted by molar-refractivity contribution is 7.09. The fraction of sp³-hybridized carbons (Fsp3) is 0.467. The van der Waals surface area contributed by atoms with Gasteiger partial charge in [0, 0.05) is 0 Å². The SMILES string of the molecule is CC1=C([Si](C)(C)C2=C(C)Cc3ccc(CC(C)C)cc32)c2cc(CC(C)C)ccc2C1. The van der Waals surface area contributed by atoms with Crippen LogP contribution in [0.2, 0.25) is 13.1 Å². The van der Waals surface area contributed by atoms with Crippen LogP contribution in [0.15, 0.2) is 47.5 Å². The molecule has 0 aromatic heterocycles. The Balaban J connectivity index is 1.79. The lowest BCUT2D eigenvalue weighted by atomic mass is 9.99. The molecule has 164 valence electrons. The Bertz CT molecular complexity index is 990. The van der Waals surface area contributed by atoms with Crippen LogP contribution in [-0.2, 0) is 25.7 Å². The lowest BCUT2D eigenvalue weighted by molar-refractivity contribution is 0.647. The van der Waals surface area contributed by atoms with Crippen molar-refractivity contribution >= 4 is 18.5 Å². The van der Waals surface area contributed by atoms with Gasteiger partial charge >= 0.3 is 0 Å². The highest BCUT2D eigenvalue weighted by atomic mass is 28.3. The Morgan fingerprint density at radius 3 is 1.42 bits per heavy atom. The zero-order valence-corrected chi connectivity index (χ0v) is 21.9. The van der Waals surface area contributed by atoms with Gasteiger partial charge in [0.05, 0.1) is 0 Å². The van der Waals surface area contributed by atoms with E-state index >= 15 is 0 Å². The van der Waals surface area contributed by atoms with Gasteiger partial charge in [-0.15, -0.1) is 0 Å². The molecule has 0 radical (unpaired) electrons. The van der Waals surface area contributed by atoms with Crippen molar-refractivity contribution in [2.24, 2.45) is 11.8 Å². The number of hydrogen-bond acceptors (Lipinski definition) is 0. The van der Waals surface area contributed by atoms with Gasteiger partial charge in [0.25, 0.3) is 0 Å². The van der Waals surface area contributed by atoms with Crippen molar-refractivity contribution in [1.29, 1.82) is 0 Å². The van der Waals surface area contributed by atoms with Crippen LogP contribution in [0.1, 0.15) is 74.9 Å². The quantitative estimate of drug-likeness (QED) is 0.406. The summed E-state index contributed by atoms with van der Waals surface area (Å²) in [6.07, 6.45) is 4.61. The summed E-state index contributed by atoms with van der Waals surface area (Å²) in [6.45, 7) is 19.3. The lowest BCUT2D eigenvalue weighted by Gasteiger charge is -2.30. The molecule has 2 aliphatic rings. The average Bonchev–Trinajstić information content (AvgIpc) is 3.15. The molecule has 0 bridgehead atoms. The Hall–Kier alpha value is -1.86. The molecule has 0 unspecified atom stereocenters. The van der Waals surface area contributed by atoms with E-state index in [1.165, 1.54) is 24.0 Å². The molecular formula is C30H40Si. The third-order valence-corrected chi connectivity index (χ3v) is 11.1. The molecule has 0 saturated carbocycles. The minimum Gasteiger partial charge on any atom is -0.0686 e. The predicted octanol–water partition coefficient (Wildman–Crippen LogP) is 8.23. The number of fused-ring (bicyclic) bond motifs is 2. The second-order valence-corrected chi connectivity index (χ2v) is 15.7. The van der Waals surface area contributed by atoms with Crippen LogP contribution in [0, 0.1) is 11.8 Å². The van der Waals surface area contributed by atoms with E-state index in [4.69, 9.17) is 0 Å². The summed E-state index contributed by atoms with van der Waals surface area (Å²) in [6, 6.07) is 14.7. The van der Waals surface area contributed by atoms with E-state index in [2.05, 4.69) is 91.0 Å². The number of rotatable bonds is 6. The van der Waals surface area contributed by atoms with Gasteiger partial charge in [0.2, 0.25) is 0 Å². The first kappa shape index (κ1) is 22.3. The van der Waals surface area contributed by atoms with E-state index < -0.39 is 8.07 Å². The molecule has 0 N–H and O–H groups in total. The van der Waals surface area contributed by atoms with Crippen molar-refractivity contribution in [1.82, 2.24) is 0 Å². The second kappa shape index (κ2) is 8.24. The topological polar surface area (TPSA) is 0 Å². The van der Waals surface area contributed by atoms with Gasteiger partial charge in [-0.2, -0.15) is 0 Å². The second-order valence-electron chi connectivity index (χ2n) is 11.5. The van der Waals surface area contributed by atoms with Crippen molar-refractivity contribution in [3.05, 3.63) is 80.9 Å². The molecule has 1 heteroatoms. The Labute approximate surface area is 191 Å². The first-order valence-electron chi connectivity index (χ1n) is 12.2. The summed E-state index contributed by atoms with van der Waals surface area (Å²) in [5, 5.41) is 3.43. The number of benzene rings is 2. The average molecular weight is 429 g/mol. The maximum absolute atomic E-state index is 2.61. The van der Waals surface area contributed by atoms with E-state index in [0.29, 0.717) is 11.8 Å². The molecule has 0 amide bonds. The first-order valence-corrected chi connectivity index (χ1v) is 15.2. The molecule has 31 heavy (non-hydrogen) atoms. The van der Waals surface area contributed by atoms with Crippen LogP contribution in [-0.4, -0.2) is 8.07 Å². The standard InChI is InChI=1S/C30H40Si/c1-19(2)13-23-9-11-25-15-21(5)29(27(25)17-23)31(7,8)30-22(6)16-26-12-10-24(14-20(3)4)18-28(26)30/h9-12,17-20H,13-16H2,1-8H3. The molecule has 0 aliphatic heterocycles. The van der Waals surface area contributed by atoms with Gasteiger partial charge < -0.3 is 0 Å². The molecule has 0 spiro atoms. The first-order chi connectivity index (χ1) is 14.6. The van der Waals surface area contributed by atoms with Gasteiger partial charge in [0.15, 0.2) is 0 Å². The van der Waals surface area contributed by atoms with E-state index in [1.54, 1.807) is 43.8 Å². The van der Waals surface area contributed by atoms with Crippen LogP contribution in [0.3, 0.4) is 0 Å². The normalized spacial score (nSPS) is 16.1. The minimum atomic E-state index is -1.83. The summed E-state index contributed by atoms with van der Waals surface area (Å²) >= 11 is 0. The summed E-state index contributed by atoms with van der Waals surface area (Å²) in [4.78, 5) is 0. The van der Waals surface area contributed by atoms with Crippen LogP contribution < -0.4 is 0 Å². The zero-order chi connectivity index (χ0) is 22.5. The Kier molecular flexibility index (Phi) is 5.94. The van der Waals surface area contributed by atoms with Crippen molar-refractivity contribution in [2.75, 3.05) is 0 Å². The van der Waals surface area contributed by atoms with Crippen molar-refractivity contribution in [3.8, 4) is 0 Å². The van der Waals surface area contributed by atoms with Gasteiger partial charge in [-0.3, -0.25) is 0 Å². The molecular weight excluding hydrogens is 388 g/mol. The summed E-state index contributed by atoms with van der Waals surface area (Å²) in [5.41, 5.74) is 12.5. The van der Waals surface area contributed by atoms with Crippen LogP contribution >= 0.6 is 0 Å². The summed E-state index contributed by atoms with van der Waals surface area (Å²) < 4.78 is 0. The maximum atomic E-state index is 2.61. The molecule has 2 aromatic rings. The van der Waals surface area contributed by atoms with E-state index in [0.717, 1.165) is 12.8 Å². The molecule has 4 rings (SSSR count). The molecule has 0 fully saturated rings. The largest absolute Gasteiger partial charge is 0.113 e.